The average Bonchev–Trinajstić information content (AvgIpc) is 2.56. The summed E-state index contributed by atoms with van der Waals surface area (Å²) < 4.78 is 11.5. The average molecular weight is 279 g/mol. The van der Waals surface area contributed by atoms with Crippen LogP contribution >= 0.6 is 0 Å². The van der Waals surface area contributed by atoms with Gasteiger partial charge in [0.05, 0.1) is 23.8 Å². The van der Waals surface area contributed by atoms with E-state index in [1.54, 1.807) is 0 Å². The minimum atomic E-state index is -0.508. The van der Waals surface area contributed by atoms with Gasteiger partial charge in [-0.3, -0.25) is 9.59 Å². The van der Waals surface area contributed by atoms with Crippen LogP contribution in [0.4, 0.5) is 0 Å². The summed E-state index contributed by atoms with van der Waals surface area (Å²) in [7, 11) is -0.508. The summed E-state index contributed by atoms with van der Waals surface area (Å²) >= 11 is 0. The van der Waals surface area contributed by atoms with Crippen LogP contribution in [0.2, 0.25) is 0 Å². The number of aromatic nitrogens is 2. The number of nitrogens with zero attached hydrogens (tertiary/aromatic N) is 1. The topological polar surface area (TPSA) is 93.3 Å². The van der Waals surface area contributed by atoms with Gasteiger partial charge in [-0.05, 0) is 27.7 Å². The summed E-state index contributed by atoms with van der Waals surface area (Å²) in [6.07, 6.45) is 2.54. The van der Waals surface area contributed by atoms with Crippen LogP contribution < -0.4 is 10.9 Å². The summed E-state index contributed by atoms with van der Waals surface area (Å²) in [4.78, 5) is 28.8. The first-order chi connectivity index (χ1) is 9.21. The lowest BCUT2D eigenvalue weighted by Crippen LogP contribution is -2.41. The second kappa shape index (κ2) is 5.03. The molecule has 2 rings (SSSR count). The molecule has 0 bridgehead atoms. The molecule has 1 fully saturated rings. The second-order valence-electron chi connectivity index (χ2n) is 5.69. The van der Waals surface area contributed by atoms with Crippen LogP contribution in [0.5, 0.6) is 0 Å². The maximum atomic E-state index is 11.8. The van der Waals surface area contributed by atoms with E-state index >= 15 is 0 Å². The van der Waals surface area contributed by atoms with Crippen LogP contribution in [0.15, 0.2) is 17.2 Å². The Morgan fingerprint density at radius 1 is 1.35 bits per heavy atom. The molecule has 0 radical (unpaired) electrons. The quantitative estimate of drug-likeness (QED) is 0.767. The third-order valence-electron chi connectivity index (χ3n) is 3.64. The van der Waals surface area contributed by atoms with Crippen molar-refractivity contribution in [1.82, 2.24) is 15.3 Å². The SMILES string of the molecule is CC1(C)OB(CNC(=O)c2c[nH]c(=O)cn2)OC1(C)C. The van der Waals surface area contributed by atoms with E-state index in [2.05, 4.69) is 15.3 Å². The molecule has 2 N–H and O–H groups in total. The maximum Gasteiger partial charge on any atom is 0.478 e. The highest BCUT2D eigenvalue weighted by Crippen LogP contribution is 2.36. The number of carbonyl (C=O) groups excluding carboxylic acids is 1. The number of H-pyrrole nitrogens is 1. The van der Waals surface area contributed by atoms with Crippen molar-refractivity contribution in [1.29, 1.82) is 0 Å². The summed E-state index contributed by atoms with van der Waals surface area (Å²) in [6, 6.07) is 0. The van der Waals surface area contributed by atoms with E-state index in [9.17, 15) is 9.59 Å². The minimum absolute atomic E-state index is 0.140. The molecule has 1 amide bonds. The monoisotopic (exact) mass is 279 g/mol. The predicted octanol–water partition coefficient (Wildman–Crippen LogP) is 0.131. The van der Waals surface area contributed by atoms with Crippen LogP contribution in [0, 0.1) is 0 Å². The fourth-order valence-electron chi connectivity index (χ4n) is 1.78. The highest BCUT2D eigenvalue weighted by atomic mass is 16.7. The number of rotatable bonds is 3. The number of nitrogens with one attached hydrogen (secondary N) is 2. The summed E-state index contributed by atoms with van der Waals surface area (Å²) in [5.41, 5.74) is -1.08. The van der Waals surface area contributed by atoms with Crippen LogP contribution in [-0.2, 0) is 9.31 Å². The van der Waals surface area contributed by atoms with E-state index in [1.807, 2.05) is 27.7 Å². The van der Waals surface area contributed by atoms with Crippen molar-refractivity contribution in [3.63, 3.8) is 0 Å². The molecule has 8 heteroatoms. The Balaban J connectivity index is 1.92. The predicted molar refractivity (Wildman–Crippen MR) is 73.3 cm³/mol. The Labute approximate surface area is 117 Å². The van der Waals surface area contributed by atoms with Gasteiger partial charge >= 0.3 is 7.12 Å². The fourth-order valence-corrected chi connectivity index (χ4v) is 1.78. The normalized spacial score (nSPS) is 19.9. The van der Waals surface area contributed by atoms with Gasteiger partial charge in [0.15, 0.2) is 0 Å². The van der Waals surface area contributed by atoms with Gasteiger partial charge in [0.1, 0.15) is 5.69 Å². The largest absolute Gasteiger partial charge is 0.478 e. The molecule has 0 atom stereocenters. The first-order valence-corrected chi connectivity index (χ1v) is 6.40. The highest BCUT2D eigenvalue weighted by Gasteiger charge is 2.50. The Bertz CT molecular complexity index is 534. The van der Waals surface area contributed by atoms with Gasteiger partial charge in [0, 0.05) is 6.20 Å². The van der Waals surface area contributed by atoms with Gasteiger partial charge in [-0.2, -0.15) is 0 Å². The summed E-state index contributed by atoms with van der Waals surface area (Å²) in [5, 5.41) is 2.66. The molecule has 7 nitrogen and oxygen atoms in total. The van der Waals surface area contributed by atoms with E-state index < -0.39 is 24.2 Å². The van der Waals surface area contributed by atoms with E-state index in [4.69, 9.17) is 9.31 Å². The Morgan fingerprint density at radius 2 is 1.95 bits per heavy atom. The molecule has 0 saturated carbocycles. The fraction of sp³-hybridized carbons (Fsp3) is 0.583. The Morgan fingerprint density at radius 3 is 2.45 bits per heavy atom. The second-order valence-corrected chi connectivity index (χ2v) is 5.69. The van der Waals surface area contributed by atoms with Gasteiger partial charge in [-0.1, -0.05) is 0 Å². The van der Waals surface area contributed by atoms with Gasteiger partial charge in [-0.15, -0.1) is 0 Å². The molecule has 1 saturated heterocycles. The van der Waals surface area contributed by atoms with Crippen LogP contribution in [0.1, 0.15) is 38.2 Å². The minimum Gasteiger partial charge on any atom is -0.402 e. The van der Waals surface area contributed by atoms with Crippen LogP contribution in [0.25, 0.3) is 0 Å². The van der Waals surface area contributed by atoms with Crippen molar-refractivity contribution in [3.05, 3.63) is 28.4 Å². The lowest BCUT2D eigenvalue weighted by atomic mass is 9.90. The first kappa shape index (κ1) is 14.7. The van der Waals surface area contributed by atoms with Crippen LogP contribution in [0.3, 0.4) is 0 Å². The van der Waals surface area contributed by atoms with Crippen molar-refractivity contribution in [3.8, 4) is 0 Å². The van der Waals surface area contributed by atoms with Crippen LogP contribution in [-0.4, -0.2) is 40.6 Å². The standard InChI is InChI=1S/C12H18BN3O4/c1-11(2)12(3,4)20-13(19-11)7-16-10(18)8-5-15-9(17)6-14-8/h5-6H,7H2,1-4H3,(H,15,17)(H,16,18). The van der Waals surface area contributed by atoms with Crippen molar-refractivity contribution < 1.29 is 14.1 Å². The molecule has 2 heterocycles. The molecule has 0 aromatic carbocycles. The van der Waals surface area contributed by atoms with Crippen molar-refractivity contribution in [2.45, 2.75) is 38.9 Å². The smallest absolute Gasteiger partial charge is 0.402 e. The van der Waals surface area contributed by atoms with Crippen molar-refractivity contribution in [2.75, 3.05) is 6.44 Å². The Kier molecular flexibility index (Phi) is 3.70. The third-order valence-corrected chi connectivity index (χ3v) is 3.64. The number of hydrogen-bond acceptors (Lipinski definition) is 5. The summed E-state index contributed by atoms with van der Waals surface area (Å²) in [6.45, 7) is 7.77. The lowest BCUT2D eigenvalue weighted by Gasteiger charge is -2.32. The van der Waals surface area contributed by atoms with Gasteiger partial charge in [-0.25, -0.2) is 4.98 Å². The van der Waals surface area contributed by atoms with E-state index in [0.29, 0.717) is 0 Å². The van der Waals surface area contributed by atoms with Crippen molar-refractivity contribution in [2.24, 2.45) is 0 Å². The summed E-state index contributed by atoms with van der Waals surface area (Å²) in [5.74, 6) is -0.393. The molecular weight excluding hydrogens is 261 g/mol. The Hall–Kier alpha value is -1.67. The molecule has 0 unspecified atom stereocenters. The molecule has 1 aliphatic heterocycles. The van der Waals surface area contributed by atoms with E-state index in [0.717, 1.165) is 6.20 Å². The zero-order valence-corrected chi connectivity index (χ0v) is 12.0. The number of amides is 1. The molecule has 0 spiro atoms. The zero-order valence-electron chi connectivity index (χ0n) is 12.0. The number of hydrogen-bond donors (Lipinski definition) is 2. The third kappa shape index (κ3) is 2.91. The lowest BCUT2D eigenvalue weighted by molar-refractivity contribution is 0.00578. The van der Waals surface area contributed by atoms with E-state index in [-0.39, 0.29) is 17.7 Å². The number of carbonyl (C=O) groups is 1. The molecule has 1 aliphatic rings. The molecular formula is C12H18BN3O4. The molecule has 108 valence electrons. The van der Waals surface area contributed by atoms with Gasteiger partial charge in [0.25, 0.3) is 11.5 Å². The van der Waals surface area contributed by atoms with E-state index in [1.165, 1.54) is 6.20 Å². The first-order valence-electron chi connectivity index (χ1n) is 6.40. The number of aromatic amines is 1. The molecule has 0 aliphatic carbocycles. The van der Waals surface area contributed by atoms with Gasteiger partial charge < -0.3 is 19.6 Å². The highest BCUT2D eigenvalue weighted by molar-refractivity contribution is 6.46. The van der Waals surface area contributed by atoms with Gasteiger partial charge in [0.2, 0.25) is 0 Å². The zero-order chi connectivity index (χ0) is 15.0. The van der Waals surface area contributed by atoms with Crippen molar-refractivity contribution >= 4 is 13.0 Å². The molecule has 20 heavy (non-hydrogen) atoms. The molecule has 1 aromatic rings. The molecule has 1 aromatic heterocycles. The maximum absolute atomic E-state index is 11.8.